The molecule has 0 spiro atoms. The number of anilines is 1. The third-order valence-electron chi connectivity index (χ3n) is 5.79. The summed E-state index contributed by atoms with van der Waals surface area (Å²) in [4.78, 5) is 43.1. The summed E-state index contributed by atoms with van der Waals surface area (Å²) in [5.74, 6) is 5.34. The van der Waals surface area contributed by atoms with Crippen LogP contribution in [-0.2, 0) is 14.5 Å². The van der Waals surface area contributed by atoms with Crippen LogP contribution in [0.3, 0.4) is 0 Å². The first-order valence-electron chi connectivity index (χ1n) is 12.6. The summed E-state index contributed by atoms with van der Waals surface area (Å²) < 4.78 is 27.8. The Balaban J connectivity index is 1.42. The van der Waals surface area contributed by atoms with E-state index in [1.165, 1.54) is 29.6 Å². The summed E-state index contributed by atoms with van der Waals surface area (Å²) in [6.45, 7) is 7.50. The normalized spacial score (nSPS) is 14.4. The van der Waals surface area contributed by atoms with Gasteiger partial charge in [-0.25, -0.2) is 9.00 Å². The highest BCUT2D eigenvalue weighted by Gasteiger charge is 2.28. The van der Waals surface area contributed by atoms with Crippen LogP contribution in [0.25, 0.3) is 0 Å². The monoisotopic (exact) mass is 562 g/mol. The fourth-order valence-corrected chi connectivity index (χ4v) is 5.57. The summed E-state index contributed by atoms with van der Waals surface area (Å²) >= 11 is 0. The highest BCUT2D eigenvalue weighted by molar-refractivity contribution is 7.94. The summed E-state index contributed by atoms with van der Waals surface area (Å²) in [5, 5.41) is 2.78. The van der Waals surface area contributed by atoms with E-state index in [2.05, 4.69) is 26.5 Å². The minimum Gasteiger partial charge on any atom is -0.459 e. The molecule has 40 heavy (non-hydrogen) atoms. The minimum absolute atomic E-state index is 0.0806. The molecule has 1 aromatic carbocycles. The maximum Gasteiger partial charge on any atom is 0.410 e. The van der Waals surface area contributed by atoms with Gasteiger partial charge in [-0.05, 0) is 58.0 Å². The lowest BCUT2D eigenvalue weighted by atomic mass is 10.1. The van der Waals surface area contributed by atoms with E-state index < -0.39 is 27.3 Å². The smallest absolute Gasteiger partial charge is 0.410 e. The molecule has 0 saturated carbocycles. The van der Waals surface area contributed by atoms with Crippen LogP contribution in [0.15, 0.2) is 63.8 Å². The summed E-state index contributed by atoms with van der Waals surface area (Å²) in [6.07, 6.45) is 3.84. The molecule has 3 heterocycles. The average Bonchev–Trinajstić information content (AvgIpc) is 3.33. The van der Waals surface area contributed by atoms with Crippen molar-refractivity contribution in [2.24, 2.45) is 4.36 Å². The van der Waals surface area contributed by atoms with Gasteiger partial charge in [-0.1, -0.05) is 17.9 Å². The highest BCUT2D eigenvalue weighted by Crippen LogP contribution is 2.16. The Morgan fingerprint density at radius 1 is 1.07 bits per heavy atom. The van der Waals surface area contributed by atoms with Crippen LogP contribution in [0.1, 0.15) is 58.4 Å². The maximum atomic E-state index is 13.2. The highest BCUT2D eigenvalue weighted by atomic mass is 32.2. The number of nitrogens with one attached hydrogen (secondary N) is 1. The summed E-state index contributed by atoms with van der Waals surface area (Å²) in [5.41, 5.74) is 1.92. The van der Waals surface area contributed by atoms with Crippen molar-refractivity contribution in [3.8, 4) is 11.8 Å². The van der Waals surface area contributed by atoms with Crippen molar-refractivity contribution in [2.75, 3.05) is 29.9 Å². The number of amides is 3. The summed E-state index contributed by atoms with van der Waals surface area (Å²) in [6, 6.07) is 10.3. The first-order chi connectivity index (χ1) is 18.9. The van der Waals surface area contributed by atoms with E-state index in [1.54, 1.807) is 58.0 Å². The zero-order valence-corrected chi connectivity index (χ0v) is 23.5. The van der Waals surface area contributed by atoms with E-state index in [0.717, 1.165) is 5.56 Å². The number of carbonyl (C=O) groups is 3. The van der Waals surface area contributed by atoms with E-state index in [9.17, 15) is 18.6 Å². The first-order valence-corrected chi connectivity index (χ1v) is 14.4. The number of rotatable bonds is 3. The molecule has 0 aliphatic carbocycles. The number of benzene rings is 1. The van der Waals surface area contributed by atoms with E-state index in [-0.39, 0.29) is 41.8 Å². The number of aromatic nitrogens is 1. The Morgan fingerprint density at radius 2 is 1.80 bits per heavy atom. The van der Waals surface area contributed by atoms with Crippen molar-refractivity contribution in [1.82, 2.24) is 9.88 Å². The first kappa shape index (κ1) is 28.6. The molecule has 0 radical (unpaired) electrons. The van der Waals surface area contributed by atoms with Crippen molar-refractivity contribution in [2.45, 2.75) is 33.3 Å². The van der Waals surface area contributed by atoms with Crippen molar-refractivity contribution >= 4 is 33.3 Å². The van der Waals surface area contributed by atoms with Gasteiger partial charge in [0.1, 0.15) is 5.60 Å². The van der Waals surface area contributed by atoms with E-state index >= 15 is 0 Å². The van der Waals surface area contributed by atoms with E-state index in [1.807, 2.05) is 0 Å². The van der Waals surface area contributed by atoms with E-state index in [0.29, 0.717) is 16.8 Å². The van der Waals surface area contributed by atoms with Gasteiger partial charge in [0.2, 0.25) is 0 Å². The average molecular weight is 563 g/mol. The lowest BCUT2D eigenvalue weighted by Crippen LogP contribution is -2.45. The summed E-state index contributed by atoms with van der Waals surface area (Å²) in [7, 11) is -2.83. The molecule has 1 aliphatic heterocycles. The Bertz CT molecular complexity index is 1620. The second-order valence-electron chi connectivity index (χ2n) is 10.2. The largest absolute Gasteiger partial charge is 0.459 e. The Hall–Kier alpha value is -4.43. The van der Waals surface area contributed by atoms with Crippen molar-refractivity contribution in [3.05, 3.63) is 83.1 Å². The van der Waals surface area contributed by atoms with Gasteiger partial charge < -0.3 is 19.4 Å². The fraction of sp³-hybridized carbons (Fsp3) is 0.310. The van der Waals surface area contributed by atoms with Gasteiger partial charge in [-0.2, -0.15) is 4.36 Å². The van der Waals surface area contributed by atoms with Crippen molar-refractivity contribution in [1.29, 1.82) is 0 Å². The molecule has 10 nitrogen and oxygen atoms in total. The van der Waals surface area contributed by atoms with Crippen LogP contribution in [0.2, 0.25) is 0 Å². The molecule has 1 fully saturated rings. The topological polar surface area (TPSA) is 131 Å². The molecular formula is C29H30N4O6S. The number of hydrogen-bond acceptors (Lipinski definition) is 7. The predicted molar refractivity (Wildman–Crippen MR) is 150 cm³/mol. The molecule has 0 atom stereocenters. The number of ether oxygens (including phenoxy) is 1. The Labute approximate surface area is 233 Å². The van der Waals surface area contributed by atoms with Crippen LogP contribution in [-0.4, -0.2) is 62.2 Å². The molecule has 208 valence electrons. The lowest BCUT2D eigenvalue weighted by molar-refractivity contribution is 0.0268. The molecule has 1 saturated heterocycles. The molecule has 3 amide bonds. The zero-order valence-electron chi connectivity index (χ0n) is 22.7. The van der Waals surface area contributed by atoms with Gasteiger partial charge in [-0.3, -0.25) is 14.6 Å². The maximum absolute atomic E-state index is 13.2. The Morgan fingerprint density at radius 3 is 2.48 bits per heavy atom. The fourth-order valence-electron chi connectivity index (χ4n) is 3.76. The molecule has 1 aliphatic rings. The van der Waals surface area contributed by atoms with Crippen LogP contribution in [0.4, 0.5) is 10.5 Å². The molecule has 11 heteroatoms. The third-order valence-corrected chi connectivity index (χ3v) is 7.93. The zero-order chi connectivity index (χ0) is 28.9. The minimum atomic E-state index is -2.83. The SMILES string of the molecule is Cc1ccoc1C(=O)Nc1cccc(C#Cc2cncc(C(=O)N=S3(=O)CCN(C(=O)OC(C)(C)C)CC3)c2)c1. The van der Waals surface area contributed by atoms with Crippen molar-refractivity contribution < 1.29 is 27.7 Å². The molecule has 4 rings (SSSR count). The number of furan rings is 1. The van der Waals surface area contributed by atoms with Crippen LogP contribution in [0.5, 0.6) is 0 Å². The number of carbonyl (C=O) groups excluding carboxylic acids is 3. The molecule has 2 aromatic heterocycles. The predicted octanol–water partition coefficient (Wildman–Crippen LogP) is 4.49. The number of pyridine rings is 1. The van der Waals surface area contributed by atoms with Gasteiger partial charge in [0.25, 0.3) is 11.8 Å². The van der Waals surface area contributed by atoms with E-state index in [4.69, 9.17) is 9.15 Å². The van der Waals surface area contributed by atoms with Crippen LogP contribution in [0, 0.1) is 18.8 Å². The van der Waals surface area contributed by atoms with Gasteiger partial charge in [0.05, 0.1) is 33.1 Å². The quantitative estimate of drug-likeness (QED) is 0.465. The molecular weight excluding hydrogens is 532 g/mol. The number of hydrogen-bond donors (Lipinski definition) is 1. The second kappa shape index (κ2) is 11.8. The van der Waals surface area contributed by atoms with Crippen LogP contribution >= 0.6 is 0 Å². The van der Waals surface area contributed by atoms with Gasteiger partial charge in [0, 0.05) is 47.9 Å². The second-order valence-corrected chi connectivity index (χ2v) is 12.8. The number of aryl methyl sites for hydroxylation is 1. The van der Waals surface area contributed by atoms with Crippen LogP contribution < -0.4 is 5.32 Å². The molecule has 1 N–H and O–H groups in total. The number of nitrogens with zero attached hydrogens (tertiary/aromatic N) is 3. The standard InChI is InChI=1S/C29H30N4O6S/c1-20-10-13-38-25(20)27(35)31-24-7-5-6-21(17-24)8-9-22-16-23(19-30-18-22)26(34)32-40(37)14-11-33(12-15-40)28(36)39-29(2,3)4/h5-7,10,13,16-19H,11-12,14-15H2,1-4H3,(H,31,35). The molecule has 3 aromatic rings. The third kappa shape index (κ3) is 7.57. The van der Waals surface area contributed by atoms with Crippen molar-refractivity contribution in [3.63, 3.8) is 0 Å². The molecule has 0 unspecified atom stereocenters. The van der Waals surface area contributed by atoms with Gasteiger partial charge in [0.15, 0.2) is 5.76 Å². The molecule has 0 bridgehead atoms. The van der Waals surface area contributed by atoms with Gasteiger partial charge >= 0.3 is 6.09 Å². The lowest BCUT2D eigenvalue weighted by Gasteiger charge is -2.30. The Kier molecular flexibility index (Phi) is 8.40. The van der Waals surface area contributed by atoms with Gasteiger partial charge in [-0.15, -0.1) is 0 Å².